The van der Waals surface area contributed by atoms with Crippen molar-refractivity contribution in [2.24, 2.45) is 0 Å². The van der Waals surface area contributed by atoms with E-state index in [9.17, 15) is 13.2 Å². The molecule has 1 amide bonds. The summed E-state index contributed by atoms with van der Waals surface area (Å²) in [6.45, 7) is 3.73. The van der Waals surface area contributed by atoms with Crippen LogP contribution < -0.4 is 5.32 Å². The molecule has 0 atom stereocenters. The van der Waals surface area contributed by atoms with Crippen LogP contribution in [0.3, 0.4) is 0 Å². The molecule has 0 bridgehead atoms. The Kier molecular flexibility index (Phi) is 3.67. The molecule has 0 saturated carbocycles. The predicted molar refractivity (Wildman–Crippen MR) is 72.9 cm³/mol. The first-order valence-corrected chi connectivity index (χ1v) is 7.91. The molecule has 1 aliphatic heterocycles. The quantitative estimate of drug-likeness (QED) is 0.855. The number of hydrogen-bond acceptors (Lipinski definition) is 4. The van der Waals surface area contributed by atoms with Crippen LogP contribution in [-0.2, 0) is 14.8 Å². The van der Waals surface area contributed by atoms with E-state index in [0.717, 1.165) is 0 Å². The lowest BCUT2D eigenvalue weighted by Gasteiger charge is -2.39. The van der Waals surface area contributed by atoms with Crippen LogP contribution >= 0.6 is 15.9 Å². The Bertz CT molecular complexity index is 615. The summed E-state index contributed by atoms with van der Waals surface area (Å²) in [5.74, 6) is -0.301. The molecular formula is C11H14BrN3O3S. The average Bonchev–Trinajstić information content (AvgIpc) is 2.32. The van der Waals surface area contributed by atoms with Gasteiger partial charge in [-0.05, 0) is 35.8 Å². The molecule has 0 aliphatic carbocycles. The van der Waals surface area contributed by atoms with E-state index >= 15 is 0 Å². The van der Waals surface area contributed by atoms with Crippen molar-refractivity contribution in [2.75, 3.05) is 13.1 Å². The summed E-state index contributed by atoms with van der Waals surface area (Å²) in [5.41, 5.74) is -1.11. The van der Waals surface area contributed by atoms with E-state index in [1.54, 1.807) is 13.8 Å². The minimum Gasteiger partial charge on any atom is -0.353 e. The molecule has 1 aromatic rings. The van der Waals surface area contributed by atoms with Crippen molar-refractivity contribution in [1.82, 2.24) is 14.6 Å². The van der Waals surface area contributed by atoms with Gasteiger partial charge in [0, 0.05) is 30.0 Å². The maximum Gasteiger partial charge on any atom is 0.245 e. The van der Waals surface area contributed by atoms with Gasteiger partial charge < -0.3 is 5.32 Å². The number of hydrogen-bond donors (Lipinski definition) is 1. The number of nitrogens with zero attached hydrogens (tertiary/aromatic N) is 2. The van der Waals surface area contributed by atoms with Crippen LogP contribution in [0, 0.1) is 0 Å². The fourth-order valence-electron chi connectivity index (χ4n) is 1.96. The smallest absolute Gasteiger partial charge is 0.245 e. The highest BCUT2D eigenvalue weighted by molar-refractivity contribution is 9.10. The maximum absolute atomic E-state index is 12.6. The summed E-state index contributed by atoms with van der Waals surface area (Å²) in [6.07, 6.45) is 2.79. The van der Waals surface area contributed by atoms with Crippen molar-refractivity contribution in [3.05, 3.63) is 22.9 Å². The van der Waals surface area contributed by atoms with Crippen LogP contribution in [0.25, 0.3) is 0 Å². The van der Waals surface area contributed by atoms with Crippen LogP contribution in [0.1, 0.15) is 13.8 Å². The standard InChI is InChI=1S/C11H14BrN3O3S/c1-11(2)10(16)14-3-4-15(11)19(17,18)9-5-8(12)6-13-7-9/h5-7H,3-4H2,1-2H3,(H,14,16). The molecule has 1 saturated heterocycles. The lowest BCUT2D eigenvalue weighted by atomic mass is 10.0. The van der Waals surface area contributed by atoms with Gasteiger partial charge in [-0.1, -0.05) is 0 Å². The van der Waals surface area contributed by atoms with Crippen molar-refractivity contribution < 1.29 is 13.2 Å². The van der Waals surface area contributed by atoms with Gasteiger partial charge in [0.25, 0.3) is 0 Å². The zero-order valence-electron chi connectivity index (χ0n) is 10.6. The lowest BCUT2D eigenvalue weighted by Crippen LogP contribution is -2.63. The van der Waals surface area contributed by atoms with Crippen LogP contribution in [0.2, 0.25) is 0 Å². The van der Waals surface area contributed by atoms with Gasteiger partial charge >= 0.3 is 0 Å². The number of aromatic nitrogens is 1. The molecule has 6 nitrogen and oxygen atoms in total. The monoisotopic (exact) mass is 347 g/mol. The van der Waals surface area contributed by atoms with Crippen molar-refractivity contribution >= 4 is 31.9 Å². The van der Waals surface area contributed by atoms with Gasteiger partial charge in [-0.15, -0.1) is 0 Å². The van der Waals surface area contributed by atoms with Crippen LogP contribution in [0.15, 0.2) is 27.8 Å². The summed E-state index contributed by atoms with van der Waals surface area (Å²) >= 11 is 3.19. The Morgan fingerprint density at radius 2 is 2.11 bits per heavy atom. The van der Waals surface area contributed by atoms with Gasteiger partial charge in [-0.2, -0.15) is 4.31 Å². The molecule has 104 valence electrons. The third kappa shape index (κ3) is 2.52. The highest BCUT2D eigenvalue weighted by atomic mass is 79.9. The molecule has 0 unspecified atom stereocenters. The van der Waals surface area contributed by atoms with Gasteiger partial charge in [0.05, 0.1) is 0 Å². The van der Waals surface area contributed by atoms with Gasteiger partial charge in [0.15, 0.2) is 0 Å². The first-order chi connectivity index (χ1) is 8.76. The molecule has 1 aliphatic rings. The fraction of sp³-hybridized carbons (Fsp3) is 0.455. The van der Waals surface area contributed by atoms with Gasteiger partial charge in [-0.3, -0.25) is 9.78 Å². The first kappa shape index (κ1) is 14.4. The number of sulfonamides is 1. The molecule has 0 spiro atoms. The molecule has 1 aromatic heterocycles. The Hall–Kier alpha value is -0.990. The predicted octanol–water partition coefficient (Wildman–Crippen LogP) is 0.743. The van der Waals surface area contributed by atoms with Gasteiger partial charge in [-0.25, -0.2) is 8.42 Å². The van der Waals surface area contributed by atoms with Gasteiger partial charge in [0.1, 0.15) is 10.4 Å². The number of carbonyl (C=O) groups excluding carboxylic acids is 1. The number of halogens is 1. The Morgan fingerprint density at radius 1 is 1.42 bits per heavy atom. The van der Waals surface area contributed by atoms with Crippen molar-refractivity contribution in [3.8, 4) is 0 Å². The molecule has 2 rings (SSSR count). The molecule has 0 radical (unpaired) electrons. The number of amides is 1. The lowest BCUT2D eigenvalue weighted by molar-refractivity contribution is -0.131. The molecular weight excluding hydrogens is 334 g/mol. The van der Waals surface area contributed by atoms with E-state index in [4.69, 9.17) is 0 Å². The molecule has 19 heavy (non-hydrogen) atoms. The van der Waals surface area contributed by atoms with Crippen molar-refractivity contribution in [2.45, 2.75) is 24.3 Å². The van der Waals surface area contributed by atoms with E-state index in [-0.39, 0.29) is 17.3 Å². The zero-order valence-corrected chi connectivity index (χ0v) is 13.0. The highest BCUT2D eigenvalue weighted by Gasteiger charge is 2.44. The summed E-state index contributed by atoms with van der Waals surface area (Å²) in [5, 5.41) is 2.67. The second-order valence-electron chi connectivity index (χ2n) is 4.73. The third-order valence-corrected chi connectivity index (χ3v) is 5.52. The largest absolute Gasteiger partial charge is 0.353 e. The van der Waals surface area contributed by atoms with Gasteiger partial charge in [0.2, 0.25) is 15.9 Å². The van der Waals surface area contributed by atoms with Crippen LogP contribution in [-0.4, -0.2) is 42.2 Å². The number of carbonyl (C=O) groups is 1. The fourth-order valence-corrected chi connectivity index (χ4v) is 4.22. The van der Waals surface area contributed by atoms with E-state index in [2.05, 4.69) is 26.2 Å². The Balaban J connectivity index is 2.47. The van der Waals surface area contributed by atoms with Crippen LogP contribution in [0.4, 0.5) is 0 Å². The van der Waals surface area contributed by atoms with E-state index in [1.807, 2.05) is 0 Å². The van der Waals surface area contributed by atoms with E-state index in [0.29, 0.717) is 11.0 Å². The van der Waals surface area contributed by atoms with E-state index in [1.165, 1.54) is 22.8 Å². The number of nitrogens with one attached hydrogen (secondary N) is 1. The van der Waals surface area contributed by atoms with Crippen molar-refractivity contribution in [1.29, 1.82) is 0 Å². The molecule has 1 N–H and O–H groups in total. The second-order valence-corrected chi connectivity index (χ2v) is 7.51. The molecule has 8 heteroatoms. The minimum absolute atomic E-state index is 0.0738. The number of piperazine rings is 1. The molecule has 2 heterocycles. The van der Waals surface area contributed by atoms with E-state index < -0.39 is 15.6 Å². The summed E-state index contributed by atoms with van der Waals surface area (Å²) < 4.78 is 27.0. The summed E-state index contributed by atoms with van der Waals surface area (Å²) in [7, 11) is -3.75. The van der Waals surface area contributed by atoms with Crippen molar-refractivity contribution in [3.63, 3.8) is 0 Å². The third-order valence-electron chi connectivity index (χ3n) is 3.05. The first-order valence-electron chi connectivity index (χ1n) is 5.68. The van der Waals surface area contributed by atoms with Crippen LogP contribution in [0.5, 0.6) is 0 Å². The SMILES string of the molecule is CC1(C)C(=O)NCCN1S(=O)(=O)c1cncc(Br)c1. The number of pyridine rings is 1. The second kappa shape index (κ2) is 4.84. The zero-order chi connectivity index (χ0) is 14.3. The summed E-state index contributed by atoms with van der Waals surface area (Å²) in [6, 6.07) is 1.48. The molecule has 0 aromatic carbocycles. The number of rotatable bonds is 2. The maximum atomic E-state index is 12.6. The Labute approximate surface area is 120 Å². The Morgan fingerprint density at radius 3 is 2.74 bits per heavy atom. The highest BCUT2D eigenvalue weighted by Crippen LogP contribution is 2.27. The summed E-state index contributed by atoms with van der Waals surface area (Å²) in [4.78, 5) is 15.8. The average molecular weight is 348 g/mol. The normalized spacial score (nSPS) is 20.1. The minimum atomic E-state index is -3.75. The molecule has 1 fully saturated rings. The topological polar surface area (TPSA) is 79.4 Å².